The van der Waals surface area contributed by atoms with Gasteiger partial charge in [-0.25, -0.2) is 8.78 Å². The second kappa shape index (κ2) is 6.18. The number of likely N-dealkylation sites (tertiary alicyclic amines) is 1. The van der Waals surface area contributed by atoms with Crippen LogP contribution >= 0.6 is 0 Å². The van der Waals surface area contributed by atoms with Gasteiger partial charge in [0.25, 0.3) is 5.91 Å². The minimum Gasteiger partial charge on any atom is -0.351 e. The Kier molecular flexibility index (Phi) is 5.17. The third kappa shape index (κ3) is 4.14. The average molecular weight is 256 g/mol. The lowest BCUT2D eigenvalue weighted by molar-refractivity contribution is -0.169. The lowest BCUT2D eigenvalue weighted by atomic mass is 10.3. The maximum Gasteiger partial charge on any atom is 0.383 e. The van der Waals surface area contributed by atoms with Crippen molar-refractivity contribution < 1.29 is 22.4 Å². The highest BCUT2D eigenvalue weighted by Crippen LogP contribution is 2.22. The van der Waals surface area contributed by atoms with Crippen molar-refractivity contribution in [1.29, 1.82) is 0 Å². The molecule has 0 aromatic carbocycles. The van der Waals surface area contributed by atoms with E-state index in [9.17, 15) is 22.4 Å². The molecule has 3 nitrogen and oxygen atoms in total. The first-order valence-corrected chi connectivity index (χ1v) is 5.61. The second-order valence-corrected chi connectivity index (χ2v) is 4.08. The van der Waals surface area contributed by atoms with Gasteiger partial charge >= 0.3 is 12.3 Å². The van der Waals surface area contributed by atoms with Gasteiger partial charge in [0, 0.05) is 6.54 Å². The van der Waals surface area contributed by atoms with Crippen LogP contribution in [0.1, 0.15) is 19.3 Å². The lowest BCUT2D eigenvalue weighted by Crippen LogP contribution is -2.45. The van der Waals surface area contributed by atoms with Crippen LogP contribution in [0.2, 0.25) is 0 Å². The average Bonchev–Trinajstić information content (AvgIpc) is 2.76. The molecule has 1 saturated heterocycles. The van der Waals surface area contributed by atoms with Crippen molar-refractivity contribution in [3.8, 4) is 0 Å². The molecule has 0 aromatic heterocycles. The van der Waals surface area contributed by atoms with E-state index in [4.69, 9.17) is 0 Å². The fourth-order valence-corrected chi connectivity index (χ4v) is 1.73. The number of nitrogens with one attached hydrogen (secondary N) is 1. The molecular weight excluding hydrogens is 240 g/mol. The van der Waals surface area contributed by atoms with Crippen molar-refractivity contribution in [2.45, 2.75) is 31.6 Å². The quantitative estimate of drug-likeness (QED) is 0.577. The standard InChI is InChI=1S/C10H16F4N2O/c11-8(12)10(13,14)9(17)15-4-3-7-16-5-1-2-6-16/h8H,1-7H2,(H,15,17). The molecule has 7 heteroatoms. The van der Waals surface area contributed by atoms with Crippen molar-refractivity contribution in [2.75, 3.05) is 26.2 Å². The van der Waals surface area contributed by atoms with Crippen LogP contribution in [0.5, 0.6) is 0 Å². The van der Waals surface area contributed by atoms with Crippen LogP contribution in [0.4, 0.5) is 17.6 Å². The molecule has 0 atom stereocenters. The normalized spacial score (nSPS) is 17.7. The fraction of sp³-hybridized carbons (Fsp3) is 0.900. The van der Waals surface area contributed by atoms with E-state index in [1.54, 1.807) is 0 Å². The van der Waals surface area contributed by atoms with E-state index >= 15 is 0 Å². The van der Waals surface area contributed by atoms with Gasteiger partial charge in [-0.2, -0.15) is 8.78 Å². The molecule has 17 heavy (non-hydrogen) atoms. The van der Waals surface area contributed by atoms with Gasteiger partial charge in [-0.3, -0.25) is 4.79 Å². The zero-order chi connectivity index (χ0) is 12.9. The zero-order valence-corrected chi connectivity index (χ0v) is 9.39. The predicted molar refractivity (Wildman–Crippen MR) is 54.3 cm³/mol. The number of nitrogens with zero attached hydrogens (tertiary/aromatic N) is 1. The topological polar surface area (TPSA) is 32.3 Å². The summed E-state index contributed by atoms with van der Waals surface area (Å²) in [6.45, 7) is 2.64. The van der Waals surface area contributed by atoms with Crippen LogP contribution in [0.15, 0.2) is 0 Å². The predicted octanol–water partition coefficient (Wildman–Crippen LogP) is 1.49. The molecule has 0 radical (unpaired) electrons. The van der Waals surface area contributed by atoms with Crippen LogP contribution in [0.3, 0.4) is 0 Å². The van der Waals surface area contributed by atoms with Crippen molar-refractivity contribution in [3.63, 3.8) is 0 Å². The van der Waals surface area contributed by atoms with Gasteiger partial charge in [-0.15, -0.1) is 0 Å². The number of carbonyl (C=O) groups excluding carboxylic acids is 1. The molecule has 0 unspecified atom stereocenters. The number of alkyl halides is 4. The summed E-state index contributed by atoms with van der Waals surface area (Å²) in [6.07, 6.45) is -1.22. The Morgan fingerprint density at radius 3 is 2.41 bits per heavy atom. The zero-order valence-electron chi connectivity index (χ0n) is 9.39. The number of halogens is 4. The highest BCUT2D eigenvalue weighted by molar-refractivity contribution is 5.83. The number of amides is 1. The van der Waals surface area contributed by atoms with E-state index in [0.717, 1.165) is 25.9 Å². The van der Waals surface area contributed by atoms with Gasteiger partial charge < -0.3 is 10.2 Å². The Hall–Kier alpha value is -0.850. The van der Waals surface area contributed by atoms with Crippen molar-refractivity contribution in [3.05, 3.63) is 0 Å². The van der Waals surface area contributed by atoms with Crippen LogP contribution < -0.4 is 5.32 Å². The molecule has 1 heterocycles. The Bertz CT molecular complexity index is 255. The number of carbonyl (C=O) groups is 1. The van der Waals surface area contributed by atoms with E-state index in [-0.39, 0.29) is 6.54 Å². The Labute approximate surface area is 97.2 Å². The molecule has 0 aliphatic carbocycles. The maximum atomic E-state index is 12.5. The van der Waals surface area contributed by atoms with Gasteiger partial charge in [0.2, 0.25) is 0 Å². The summed E-state index contributed by atoms with van der Waals surface area (Å²) < 4.78 is 48.6. The number of hydrogen-bond donors (Lipinski definition) is 1. The van der Waals surface area contributed by atoms with Gasteiger partial charge in [0.15, 0.2) is 0 Å². The molecular formula is C10H16F4N2O. The minimum absolute atomic E-state index is 0.00234. The van der Waals surface area contributed by atoms with E-state index < -0.39 is 18.3 Å². The first-order chi connectivity index (χ1) is 7.94. The van der Waals surface area contributed by atoms with Crippen molar-refractivity contribution in [2.24, 2.45) is 0 Å². The number of rotatable bonds is 6. The SMILES string of the molecule is O=C(NCCCN1CCCC1)C(F)(F)C(F)F. The molecule has 1 aliphatic heterocycles. The first-order valence-electron chi connectivity index (χ1n) is 5.61. The molecule has 0 bridgehead atoms. The summed E-state index contributed by atoms with van der Waals surface area (Å²) in [5.41, 5.74) is 0. The highest BCUT2D eigenvalue weighted by atomic mass is 19.3. The monoisotopic (exact) mass is 256 g/mol. The molecule has 1 aliphatic rings. The van der Waals surface area contributed by atoms with Crippen LogP contribution in [0.25, 0.3) is 0 Å². The molecule has 1 N–H and O–H groups in total. The molecule has 1 rings (SSSR count). The maximum absolute atomic E-state index is 12.5. The second-order valence-electron chi connectivity index (χ2n) is 4.08. The van der Waals surface area contributed by atoms with E-state index in [0.29, 0.717) is 13.0 Å². The van der Waals surface area contributed by atoms with Crippen molar-refractivity contribution >= 4 is 5.91 Å². The van der Waals surface area contributed by atoms with E-state index in [1.807, 2.05) is 5.32 Å². The minimum atomic E-state index is -4.59. The third-order valence-corrected chi connectivity index (χ3v) is 2.71. The van der Waals surface area contributed by atoms with E-state index in [2.05, 4.69) is 4.90 Å². The summed E-state index contributed by atoms with van der Waals surface area (Å²) in [4.78, 5) is 12.9. The van der Waals surface area contributed by atoms with Crippen LogP contribution in [-0.4, -0.2) is 49.3 Å². The lowest BCUT2D eigenvalue weighted by Gasteiger charge is -2.16. The molecule has 1 fully saturated rings. The molecule has 0 spiro atoms. The Morgan fingerprint density at radius 2 is 1.88 bits per heavy atom. The van der Waals surface area contributed by atoms with Crippen LogP contribution in [-0.2, 0) is 4.79 Å². The van der Waals surface area contributed by atoms with Gasteiger partial charge in [0.1, 0.15) is 0 Å². The number of hydrogen-bond acceptors (Lipinski definition) is 2. The fourth-order valence-electron chi connectivity index (χ4n) is 1.73. The summed E-state index contributed by atoms with van der Waals surface area (Å²) >= 11 is 0. The third-order valence-electron chi connectivity index (χ3n) is 2.71. The molecule has 0 aromatic rings. The first kappa shape index (κ1) is 14.2. The van der Waals surface area contributed by atoms with Gasteiger partial charge in [0.05, 0.1) is 0 Å². The smallest absolute Gasteiger partial charge is 0.351 e. The van der Waals surface area contributed by atoms with Crippen molar-refractivity contribution in [1.82, 2.24) is 10.2 Å². The summed E-state index contributed by atoms with van der Waals surface area (Å²) in [7, 11) is 0. The Balaban J connectivity index is 2.15. The molecule has 100 valence electrons. The Morgan fingerprint density at radius 1 is 1.29 bits per heavy atom. The van der Waals surface area contributed by atoms with Gasteiger partial charge in [-0.1, -0.05) is 0 Å². The molecule has 0 saturated carbocycles. The highest BCUT2D eigenvalue weighted by Gasteiger charge is 2.48. The molecule has 1 amide bonds. The summed E-state index contributed by atoms with van der Waals surface area (Å²) in [5.74, 6) is -6.48. The van der Waals surface area contributed by atoms with Crippen LogP contribution in [0, 0.1) is 0 Å². The van der Waals surface area contributed by atoms with Gasteiger partial charge in [-0.05, 0) is 38.9 Å². The largest absolute Gasteiger partial charge is 0.383 e. The summed E-state index contributed by atoms with van der Waals surface area (Å²) in [5, 5.41) is 1.83. The summed E-state index contributed by atoms with van der Waals surface area (Å²) in [6, 6.07) is 0. The van der Waals surface area contributed by atoms with E-state index in [1.165, 1.54) is 0 Å².